The van der Waals surface area contributed by atoms with Gasteiger partial charge in [0.2, 0.25) is 5.91 Å². The van der Waals surface area contributed by atoms with E-state index in [0.29, 0.717) is 19.6 Å². The largest absolute Gasteiger partial charge is 0.387 e. The van der Waals surface area contributed by atoms with Crippen molar-refractivity contribution in [2.45, 2.75) is 84.9 Å². The molecule has 0 aliphatic carbocycles. The predicted molar refractivity (Wildman–Crippen MR) is 115 cm³/mol. The molecule has 0 aromatic rings. The van der Waals surface area contributed by atoms with Crippen LogP contribution in [0.4, 0.5) is 0 Å². The van der Waals surface area contributed by atoms with Gasteiger partial charge in [-0.2, -0.15) is 0 Å². The molecule has 0 aromatic heterocycles. The second-order valence-electron chi connectivity index (χ2n) is 8.99. The summed E-state index contributed by atoms with van der Waals surface area (Å²) in [5, 5.41) is 33.4. The minimum Gasteiger partial charge on any atom is -0.387 e. The maximum absolute atomic E-state index is 12.5. The van der Waals surface area contributed by atoms with Gasteiger partial charge in [-0.1, -0.05) is 39.8 Å². The zero-order valence-corrected chi connectivity index (χ0v) is 19.4. The number of carbonyl (C=O) groups excluding carboxylic acids is 2. The molecule has 1 amide bonds. The smallest absolute Gasteiger partial charge is 0.223 e. The Morgan fingerprint density at radius 1 is 1.07 bits per heavy atom. The fourth-order valence-corrected chi connectivity index (χ4v) is 2.63. The van der Waals surface area contributed by atoms with E-state index >= 15 is 0 Å². The van der Waals surface area contributed by atoms with E-state index < -0.39 is 36.1 Å². The topological polar surface area (TPSA) is 125 Å². The lowest BCUT2D eigenvalue weighted by Crippen LogP contribution is -2.48. The van der Waals surface area contributed by atoms with Crippen LogP contribution in [0.1, 0.15) is 54.4 Å². The summed E-state index contributed by atoms with van der Waals surface area (Å²) in [5.74, 6) is -1.44. The van der Waals surface area contributed by atoms with Gasteiger partial charge in [0.15, 0.2) is 5.78 Å². The standard InChI is InChI=1S/C22H41NO7/c1-14(2)30-12-8-11-23-21(28)15(3)13-17(25)20(29-7)19(27)18(26)16(24)9-10-22(4,5)6/h9-10,14-16,18-20,24,26-27H,8,11-13H2,1-7H3,(H,23,28)/b10-9+/t15-,16-,18+,19-,20+/m1/s1. The van der Waals surface area contributed by atoms with Gasteiger partial charge in [-0.3, -0.25) is 9.59 Å². The highest BCUT2D eigenvalue weighted by Gasteiger charge is 2.36. The second kappa shape index (κ2) is 13.9. The third-order valence-electron chi connectivity index (χ3n) is 4.40. The average molecular weight is 432 g/mol. The van der Waals surface area contributed by atoms with E-state index in [0.717, 1.165) is 0 Å². The van der Waals surface area contributed by atoms with Crippen LogP contribution in [0.3, 0.4) is 0 Å². The van der Waals surface area contributed by atoms with Crippen molar-refractivity contribution in [1.82, 2.24) is 5.32 Å². The Balaban J connectivity index is 4.69. The summed E-state index contributed by atoms with van der Waals surface area (Å²) in [7, 11) is 1.23. The molecule has 0 aliphatic heterocycles. The number of ketones is 1. The van der Waals surface area contributed by atoms with Gasteiger partial charge < -0.3 is 30.1 Å². The molecule has 8 nitrogen and oxygen atoms in total. The van der Waals surface area contributed by atoms with E-state index in [2.05, 4.69) is 5.32 Å². The molecule has 0 fully saturated rings. The molecule has 4 N–H and O–H groups in total. The number of aliphatic hydroxyl groups is 3. The lowest BCUT2D eigenvalue weighted by atomic mass is 9.92. The Kier molecular flexibility index (Phi) is 13.3. The van der Waals surface area contributed by atoms with Gasteiger partial charge >= 0.3 is 0 Å². The number of methoxy groups -OCH3 is 1. The summed E-state index contributed by atoms with van der Waals surface area (Å²) < 4.78 is 10.5. The van der Waals surface area contributed by atoms with E-state index in [-0.39, 0.29) is 23.8 Å². The Morgan fingerprint density at radius 3 is 2.17 bits per heavy atom. The zero-order chi connectivity index (χ0) is 23.5. The Morgan fingerprint density at radius 2 is 1.67 bits per heavy atom. The molecule has 0 rings (SSSR count). The van der Waals surface area contributed by atoms with Gasteiger partial charge in [-0.25, -0.2) is 0 Å². The number of hydrogen-bond acceptors (Lipinski definition) is 7. The summed E-state index contributed by atoms with van der Waals surface area (Å²) in [6.07, 6.45) is -2.24. The highest BCUT2D eigenvalue weighted by atomic mass is 16.5. The zero-order valence-electron chi connectivity index (χ0n) is 19.4. The first-order valence-electron chi connectivity index (χ1n) is 10.5. The lowest BCUT2D eigenvalue weighted by molar-refractivity contribution is -0.149. The fourth-order valence-electron chi connectivity index (χ4n) is 2.63. The maximum atomic E-state index is 12.5. The third-order valence-corrected chi connectivity index (χ3v) is 4.40. The van der Waals surface area contributed by atoms with Crippen molar-refractivity contribution in [2.24, 2.45) is 11.3 Å². The summed E-state index contributed by atoms with van der Waals surface area (Å²) in [6.45, 7) is 12.2. The van der Waals surface area contributed by atoms with Crippen LogP contribution in [0, 0.1) is 11.3 Å². The van der Waals surface area contributed by atoms with Gasteiger partial charge in [0, 0.05) is 32.6 Å². The number of nitrogens with one attached hydrogen (secondary N) is 1. The van der Waals surface area contributed by atoms with Gasteiger partial charge in [-0.15, -0.1) is 0 Å². The van der Waals surface area contributed by atoms with E-state index in [1.165, 1.54) is 13.2 Å². The van der Waals surface area contributed by atoms with Gasteiger partial charge in [-0.05, 0) is 25.7 Å². The highest BCUT2D eigenvalue weighted by Crippen LogP contribution is 2.18. The van der Waals surface area contributed by atoms with Crippen molar-refractivity contribution >= 4 is 11.7 Å². The Labute approximate surface area is 180 Å². The molecular weight excluding hydrogens is 390 g/mol. The van der Waals surface area contributed by atoms with E-state index in [1.807, 2.05) is 34.6 Å². The minimum absolute atomic E-state index is 0.132. The first-order valence-corrected chi connectivity index (χ1v) is 10.5. The third kappa shape index (κ3) is 11.8. The van der Waals surface area contributed by atoms with Crippen LogP contribution in [-0.4, -0.2) is 77.8 Å². The van der Waals surface area contributed by atoms with Crippen molar-refractivity contribution in [3.05, 3.63) is 12.2 Å². The molecule has 8 heteroatoms. The van der Waals surface area contributed by atoms with Crippen molar-refractivity contribution in [2.75, 3.05) is 20.3 Å². The number of ether oxygens (including phenoxy) is 2. The van der Waals surface area contributed by atoms with Crippen LogP contribution in [-0.2, 0) is 19.1 Å². The van der Waals surface area contributed by atoms with Crippen molar-refractivity contribution in [3.63, 3.8) is 0 Å². The maximum Gasteiger partial charge on any atom is 0.223 e. The molecule has 0 radical (unpaired) electrons. The van der Waals surface area contributed by atoms with Gasteiger partial charge in [0.05, 0.1) is 6.10 Å². The van der Waals surface area contributed by atoms with Gasteiger partial charge in [0.25, 0.3) is 0 Å². The molecule has 0 saturated carbocycles. The summed E-state index contributed by atoms with van der Waals surface area (Å²) in [6, 6.07) is 0. The first-order chi connectivity index (χ1) is 13.8. The summed E-state index contributed by atoms with van der Waals surface area (Å²) in [5.41, 5.74) is -0.216. The molecule has 0 unspecified atom stereocenters. The van der Waals surface area contributed by atoms with Crippen molar-refractivity contribution < 1.29 is 34.4 Å². The molecule has 176 valence electrons. The SMILES string of the molecule is CO[C@@H](C(=O)C[C@@H](C)C(=O)NCCCOC(C)C)[C@H](O)[C@@H](O)[C@H](O)/C=C/C(C)(C)C. The highest BCUT2D eigenvalue weighted by molar-refractivity contribution is 5.89. The Hall–Kier alpha value is -1.32. The molecule has 0 aromatic carbocycles. The molecule has 0 heterocycles. The first kappa shape index (κ1) is 28.7. The number of amides is 1. The lowest BCUT2D eigenvalue weighted by Gasteiger charge is -2.27. The predicted octanol–water partition coefficient (Wildman–Crippen LogP) is 1.21. The van der Waals surface area contributed by atoms with Crippen LogP contribution in [0.15, 0.2) is 12.2 Å². The molecule has 0 bridgehead atoms. The van der Waals surface area contributed by atoms with Crippen molar-refractivity contribution in [1.29, 1.82) is 0 Å². The monoisotopic (exact) mass is 431 g/mol. The van der Waals surface area contributed by atoms with Crippen LogP contribution >= 0.6 is 0 Å². The second-order valence-corrected chi connectivity index (χ2v) is 8.99. The molecule has 0 saturated heterocycles. The number of allylic oxidation sites excluding steroid dienone is 1. The number of rotatable bonds is 14. The minimum atomic E-state index is -1.63. The fraction of sp³-hybridized carbons (Fsp3) is 0.818. The summed E-state index contributed by atoms with van der Waals surface area (Å²) >= 11 is 0. The van der Waals surface area contributed by atoms with E-state index in [9.17, 15) is 24.9 Å². The quantitative estimate of drug-likeness (QED) is 0.241. The van der Waals surface area contributed by atoms with Crippen LogP contribution in [0.5, 0.6) is 0 Å². The number of hydrogen-bond donors (Lipinski definition) is 4. The van der Waals surface area contributed by atoms with Gasteiger partial charge in [0.1, 0.15) is 24.4 Å². The average Bonchev–Trinajstić information content (AvgIpc) is 2.64. The van der Waals surface area contributed by atoms with Crippen LogP contribution in [0.2, 0.25) is 0 Å². The number of carbonyl (C=O) groups is 2. The molecule has 0 aliphatic rings. The number of Topliss-reactive ketones (excluding diaryl/α,β-unsaturated/α-hetero) is 1. The number of aliphatic hydroxyl groups excluding tert-OH is 3. The van der Waals surface area contributed by atoms with Crippen LogP contribution < -0.4 is 5.32 Å². The van der Waals surface area contributed by atoms with E-state index in [1.54, 1.807) is 13.0 Å². The van der Waals surface area contributed by atoms with E-state index in [4.69, 9.17) is 9.47 Å². The molecule has 30 heavy (non-hydrogen) atoms. The summed E-state index contributed by atoms with van der Waals surface area (Å²) in [4.78, 5) is 24.7. The normalized spacial score (nSPS) is 17.6. The molecular formula is C22H41NO7. The molecule has 5 atom stereocenters. The van der Waals surface area contributed by atoms with Crippen LogP contribution in [0.25, 0.3) is 0 Å². The Bertz CT molecular complexity index is 542. The molecule has 0 spiro atoms. The van der Waals surface area contributed by atoms with Crippen molar-refractivity contribution in [3.8, 4) is 0 Å².